The van der Waals surface area contributed by atoms with Crippen molar-refractivity contribution in [2.45, 2.75) is 26.9 Å². The first-order chi connectivity index (χ1) is 13.9. The molecule has 0 saturated carbocycles. The molecule has 0 aliphatic rings. The van der Waals surface area contributed by atoms with E-state index in [4.69, 9.17) is 25.6 Å². The van der Waals surface area contributed by atoms with Crippen LogP contribution in [0.3, 0.4) is 0 Å². The van der Waals surface area contributed by atoms with Crippen molar-refractivity contribution in [2.24, 2.45) is 0 Å². The monoisotopic (exact) mass is 409 g/mol. The maximum Gasteiger partial charge on any atom is 0.268 e. The fourth-order valence-corrected chi connectivity index (χ4v) is 2.90. The minimum absolute atomic E-state index is 0.0592. The summed E-state index contributed by atoms with van der Waals surface area (Å²) in [6.07, 6.45) is 1.55. The van der Waals surface area contributed by atoms with E-state index in [1.165, 1.54) is 7.11 Å². The summed E-state index contributed by atoms with van der Waals surface area (Å²) in [6, 6.07) is 13.2. The number of aryl methyl sites for hydroxylation is 1. The van der Waals surface area contributed by atoms with Gasteiger partial charge in [-0.05, 0) is 44.5 Å². The van der Waals surface area contributed by atoms with E-state index >= 15 is 0 Å². The zero-order chi connectivity index (χ0) is 21.0. The third-order valence-corrected chi connectivity index (χ3v) is 4.28. The van der Waals surface area contributed by atoms with Gasteiger partial charge in [-0.25, -0.2) is 0 Å². The van der Waals surface area contributed by atoms with Crippen LogP contribution in [0.15, 0.2) is 40.9 Å². The van der Waals surface area contributed by atoms with Crippen LogP contribution in [0.4, 0.5) is 0 Å². The number of benzene rings is 2. The largest absolute Gasteiger partial charge is 0.493 e. The Bertz CT molecular complexity index is 1080. The second kappa shape index (κ2) is 8.80. The maximum absolute atomic E-state index is 9.59. The Morgan fingerprint density at radius 3 is 2.59 bits per heavy atom. The van der Waals surface area contributed by atoms with E-state index in [1.807, 2.05) is 45.0 Å². The molecule has 0 spiro atoms. The minimum atomic E-state index is -0.0592. The van der Waals surface area contributed by atoms with Crippen LogP contribution in [0.2, 0.25) is 5.02 Å². The molecule has 0 atom stereocenters. The van der Waals surface area contributed by atoms with Crippen LogP contribution >= 0.6 is 11.6 Å². The summed E-state index contributed by atoms with van der Waals surface area (Å²) in [5.74, 6) is 1.47. The lowest BCUT2D eigenvalue weighted by Gasteiger charge is -2.15. The Morgan fingerprint density at radius 1 is 1.24 bits per heavy atom. The lowest BCUT2D eigenvalue weighted by molar-refractivity contribution is 0.230. The average Bonchev–Trinajstić information content (AvgIpc) is 3.18. The van der Waals surface area contributed by atoms with Gasteiger partial charge in [-0.1, -0.05) is 46.6 Å². The second-order valence-electron chi connectivity index (χ2n) is 6.66. The number of halogens is 1. The predicted molar refractivity (Wildman–Crippen MR) is 112 cm³/mol. The molecule has 0 aliphatic heterocycles. The third kappa shape index (κ3) is 4.76. The number of aromatic nitrogens is 2. The number of methoxy groups -OCH3 is 1. The maximum atomic E-state index is 9.59. The van der Waals surface area contributed by atoms with Gasteiger partial charge in [0, 0.05) is 5.56 Å². The highest BCUT2D eigenvalue weighted by atomic mass is 35.5. The molecule has 29 heavy (non-hydrogen) atoms. The van der Waals surface area contributed by atoms with Crippen molar-refractivity contribution < 1.29 is 14.0 Å². The van der Waals surface area contributed by atoms with Crippen LogP contribution in [-0.4, -0.2) is 23.4 Å². The quantitative estimate of drug-likeness (QED) is 0.496. The molecule has 1 heterocycles. The van der Waals surface area contributed by atoms with Crippen molar-refractivity contribution >= 4 is 23.3 Å². The van der Waals surface area contributed by atoms with E-state index in [1.54, 1.807) is 18.2 Å². The number of ether oxygens (including phenoxy) is 2. The van der Waals surface area contributed by atoms with Crippen LogP contribution < -0.4 is 9.47 Å². The molecule has 1 aromatic heterocycles. The second-order valence-corrected chi connectivity index (χ2v) is 7.07. The Kier molecular flexibility index (Phi) is 6.20. The highest BCUT2D eigenvalue weighted by Crippen LogP contribution is 2.38. The van der Waals surface area contributed by atoms with E-state index in [-0.39, 0.29) is 17.6 Å². The summed E-state index contributed by atoms with van der Waals surface area (Å²) in [5, 5.41) is 13.9. The average molecular weight is 410 g/mol. The predicted octanol–water partition coefficient (Wildman–Crippen LogP) is 5.56. The number of hydrogen-bond acceptors (Lipinski definition) is 6. The van der Waals surface area contributed by atoms with E-state index in [9.17, 15) is 5.26 Å². The molecule has 6 nitrogen and oxygen atoms in total. The smallest absolute Gasteiger partial charge is 0.268 e. The number of nitriles is 1. The first-order valence-electron chi connectivity index (χ1n) is 8.98. The Morgan fingerprint density at radius 2 is 1.97 bits per heavy atom. The molecule has 0 amide bonds. The van der Waals surface area contributed by atoms with Gasteiger partial charge in [0.25, 0.3) is 5.89 Å². The molecule has 0 aliphatic carbocycles. The van der Waals surface area contributed by atoms with Crippen LogP contribution in [0.1, 0.15) is 30.9 Å². The molecule has 0 radical (unpaired) electrons. The normalized spacial score (nSPS) is 11.4. The topological polar surface area (TPSA) is 81.2 Å². The Labute approximate surface area is 174 Å². The Hall–Kier alpha value is -3.30. The van der Waals surface area contributed by atoms with Crippen molar-refractivity contribution in [3.8, 4) is 29.0 Å². The van der Waals surface area contributed by atoms with Gasteiger partial charge in [-0.2, -0.15) is 10.2 Å². The molecular formula is C22H20ClN3O3. The molecule has 0 bridgehead atoms. The molecule has 148 valence electrons. The SMILES string of the molecule is COc1cc(/C=C(\C#N)c2nc(-c3ccc(C)cc3)no2)cc(Cl)c1OC(C)C. The van der Waals surface area contributed by atoms with Gasteiger partial charge >= 0.3 is 0 Å². The van der Waals surface area contributed by atoms with E-state index in [0.29, 0.717) is 27.9 Å². The molecule has 7 heteroatoms. The summed E-state index contributed by atoms with van der Waals surface area (Å²) in [5.41, 5.74) is 2.80. The molecule has 0 fully saturated rings. The summed E-state index contributed by atoms with van der Waals surface area (Å²) in [6.45, 7) is 5.80. The number of allylic oxidation sites excluding steroid dienone is 1. The summed E-state index contributed by atoms with van der Waals surface area (Å²) in [4.78, 5) is 4.34. The fraction of sp³-hybridized carbons (Fsp3) is 0.227. The van der Waals surface area contributed by atoms with Gasteiger partial charge in [-0.3, -0.25) is 0 Å². The van der Waals surface area contributed by atoms with Crippen LogP contribution in [-0.2, 0) is 0 Å². The molecule has 0 saturated heterocycles. The molecule has 0 unspecified atom stereocenters. The van der Waals surface area contributed by atoms with Crippen molar-refractivity contribution in [3.63, 3.8) is 0 Å². The number of nitrogens with zero attached hydrogens (tertiary/aromatic N) is 3. The fourth-order valence-electron chi connectivity index (χ4n) is 2.63. The van der Waals surface area contributed by atoms with Gasteiger partial charge in [0.05, 0.1) is 18.2 Å². The van der Waals surface area contributed by atoms with E-state index in [2.05, 4.69) is 16.2 Å². The molecular weight excluding hydrogens is 390 g/mol. The highest BCUT2D eigenvalue weighted by molar-refractivity contribution is 6.32. The van der Waals surface area contributed by atoms with E-state index in [0.717, 1.165) is 11.1 Å². The van der Waals surface area contributed by atoms with Gasteiger partial charge in [0.15, 0.2) is 11.5 Å². The lowest BCUT2D eigenvalue weighted by atomic mass is 10.1. The lowest BCUT2D eigenvalue weighted by Crippen LogP contribution is -2.07. The van der Waals surface area contributed by atoms with Gasteiger partial charge in [0.1, 0.15) is 11.6 Å². The van der Waals surface area contributed by atoms with E-state index < -0.39 is 0 Å². The van der Waals surface area contributed by atoms with Crippen molar-refractivity contribution in [2.75, 3.05) is 7.11 Å². The first kappa shape index (κ1) is 20.4. The van der Waals surface area contributed by atoms with Crippen LogP contribution in [0, 0.1) is 18.3 Å². The summed E-state index contributed by atoms with van der Waals surface area (Å²) in [7, 11) is 1.53. The van der Waals surface area contributed by atoms with Gasteiger partial charge < -0.3 is 14.0 Å². The van der Waals surface area contributed by atoms with Crippen molar-refractivity contribution in [3.05, 3.63) is 58.4 Å². The minimum Gasteiger partial charge on any atom is -0.493 e. The third-order valence-electron chi connectivity index (χ3n) is 4.00. The first-order valence-corrected chi connectivity index (χ1v) is 9.36. The standard InChI is InChI=1S/C22H20ClN3O3/c1-13(2)28-20-18(23)10-15(11-19(20)27-4)9-17(12-24)22-25-21(26-29-22)16-7-5-14(3)6-8-16/h5-11,13H,1-4H3/b17-9+. The zero-order valence-corrected chi connectivity index (χ0v) is 17.3. The van der Waals surface area contributed by atoms with Crippen LogP contribution in [0.25, 0.3) is 23.0 Å². The summed E-state index contributed by atoms with van der Waals surface area (Å²) < 4.78 is 16.4. The number of rotatable bonds is 6. The molecule has 0 N–H and O–H groups in total. The molecule has 2 aromatic carbocycles. The molecule has 3 rings (SSSR count). The van der Waals surface area contributed by atoms with Crippen molar-refractivity contribution in [1.82, 2.24) is 10.1 Å². The molecule has 3 aromatic rings. The van der Waals surface area contributed by atoms with Gasteiger partial charge in [0.2, 0.25) is 5.82 Å². The zero-order valence-electron chi connectivity index (χ0n) is 16.6. The number of hydrogen-bond donors (Lipinski definition) is 0. The van der Waals surface area contributed by atoms with Crippen LogP contribution in [0.5, 0.6) is 11.5 Å². The Balaban J connectivity index is 1.95. The van der Waals surface area contributed by atoms with Crippen molar-refractivity contribution in [1.29, 1.82) is 5.26 Å². The highest BCUT2D eigenvalue weighted by Gasteiger charge is 2.16. The summed E-state index contributed by atoms with van der Waals surface area (Å²) >= 11 is 6.36. The van der Waals surface area contributed by atoms with Gasteiger partial charge in [-0.15, -0.1) is 0 Å².